The molecule has 0 fully saturated rings. The highest BCUT2D eigenvalue weighted by Crippen LogP contribution is 2.12. The minimum atomic E-state index is -1.28. The number of carbonyl (C=O) groups excluding carboxylic acids is 1. The van der Waals surface area contributed by atoms with Gasteiger partial charge >= 0.3 is 5.97 Å². The van der Waals surface area contributed by atoms with Gasteiger partial charge in [-0.25, -0.2) is 9.78 Å². The summed E-state index contributed by atoms with van der Waals surface area (Å²) in [5.41, 5.74) is 4.68. The van der Waals surface area contributed by atoms with Crippen LogP contribution in [0.5, 0.6) is 0 Å². The van der Waals surface area contributed by atoms with E-state index < -0.39 is 17.4 Å². The Morgan fingerprint density at radius 2 is 2.25 bits per heavy atom. The maximum absolute atomic E-state index is 11.5. The van der Waals surface area contributed by atoms with Crippen LogP contribution < -0.4 is 11.1 Å². The van der Waals surface area contributed by atoms with E-state index in [1.807, 2.05) is 0 Å². The number of carboxylic acid groups (broad SMARTS) is 1. The zero-order valence-electron chi connectivity index (χ0n) is 8.98. The topological polar surface area (TPSA) is 105 Å². The van der Waals surface area contributed by atoms with Crippen LogP contribution >= 0.6 is 11.3 Å². The number of nitrogens with zero attached hydrogens (tertiary/aromatic N) is 1. The first kappa shape index (κ1) is 12.4. The predicted octanol–water partition coefficient (Wildman–Crippen LogP) is 0.247. The molecule has 16 heavy (non-hydrogen) atoms. The van der Waals surface area contributed by atoms with E-state index in [4.69, 9.17) is 10.8 Å². The lowest BCUT2D eigenvalue weighted by molar-refractivity contribution is -0.145. The zero-order valence-corrected chi connectivity index (χ0v) is 9.80. The van der Waals surface area contributed by atoms with Gasteiger partial charge in [0.05, 0.1) is 12.1 Å². The highest BCUT2D eigenvalue weighted by molar-refractivity contribution is 7.13. The number of rotatable bonds is 4. The number of aliphatic carboxylic acids is 1. The van der Waals surface area contributed by atoms with Gasteiger partial charge in [0, 0.05) is 5.38 Å². The molecule has 0 saturated heterocycles. The third kappa shape index (κ3) is 3.20. The molecule has 0 radical (unpaired) electrons. The maximum Gasteiger partial charge on any atom is 0.328 e. The molecule has 0 spiro atoms. The predicted molar refractivity (Wildman–Crippen MR) is 60.1 cm³/mol. The monoisotopic (exact) mass is 243 g/mol. The molecule has 1 heterocycles. The van der Waals surface area contributed by atoms with Gasteiger partial charge in [0.25, 0.3) is 0 Å². The average Bonchev–Trinajstić information content (AvgIpc) is 2.49. The smallest absolute Gasteiger partial charge is 0.328 e. The van der Waals surface area contributed by atoms with Crippen LogP contribution in [0.2, 0.25) is 0 Å². The van der Waals surface area contributed by atoms with Gasteiger partial charge in [0.2, 0.25) is 5.91 Å². The summed E-state index contributed by atoms with van der Waals surface area (Å²) in [6, 6.07) is 0. The Morgan fingerprint density at radius 1 is 1.62 bits per heavy atom. The summed E-state index contributed by atoms with van der Waals surface area (Å²) in [4.78, 5) is 26.2. The highest BCUT2D eigenvalue weighted by Gasteiger charge is 2.28. The number of aromatic nitrogens is 1. The molecule has 7 heteroatoms. The standard InChI is InChI=1S/C9H13N3O3S/c1-9(2,7(14)15)12-6(13)3-5-4-16-8(10)11-5/h4H,3H2,1-2H3,(H2,10,11)(H,12,13)(H,14,15). The number of thiazole rings is 1. The number of hydrogen-bond donors (Lipinski definition) is 3. The summed E-state index contributed by atoms with van der Waals surface area (Å²) >= 11 is 1.24. The quantitative estimate of drug-likeness (QED) is 0.702. The van der Waals surface area contributed by atoms with E-state index in [2.05, 4.69) is 10.3 Å². The molecule has 6 nitrogen and oxygen atoms in total. The summed E-state index contributed by atoms with van der Waals surface area (Å²) in [6.07, 6.45) is 0.0322. The summed E-state index contributed by atoms with van der Waals surface area (Å²) in [7, 11) is 0. The van der Waals surface area contributed by atoms with E-state index in [-0.39, 0.29) is 6.42 Å². The van der Waals surface area contributed by atoms with Crippen molar-refractivity contribution in [3.05, 3.63) is 11.1 Å². The molecule has 1 aromatic heterocycles. The molecule has 0 aliphatic rings. The molecule has 1 aromatic rings. The van der Waals surface area contributed by atoms with Crippen molar-refractivity contribution in [3.63, 3.8) is 0 Å². The second-order valence-corrected chi connectivity index (χ2v) is 4.72. The average molecular weight is 243 g/mol. The van der Waals surface area contributed by atoms with Gasteiger partial charge in [0.15, 0.2) is 5.13 Å². The van der Waals surface area contributed by atoms with Crippen LogP contribution in [0.3, 0.4) is 0 Å². The van der Waals surface area contributed by atoms with Crippen LogP contribution in [0.1, 0.15) is 19.5 Å². The molecule has 88 valence electrons. The Morgan fingerprint density at radius 3 is 2.69 bits per heavy atom. The van der Waals surface area contributed by atoms with Crippen molar-refractivity contribution < 1.29 is 14.7 Å². The second-order valence-electron chi connectivity index (χ2n) is 3.83. The first-order valence-corrected chi connectivity index (χ1v) is 5.43. The number of carbonyl (C=O) groups is 2. The first-order valence-electron chi connectivity index (χ1n) is 4.55. The van der Waals surface area contributed by atoms with E-state index in [0.717, 1.165) is 0 Å². The SMILES string of the molecule is CC(C)(NC(=O)Cc1csc(N)n1)C(=O)O. The minimum absolute atomic E-state index is 0.0322. The van der Waals surface area contributed by atoms with Gasteiger partial charge in [-0.1, -0.05) is 0 Å². The van der Waals surface area contributed by atoms with Crippen molar-refractivity contribution in [2.45, 2.75) is 25.8 Å². The fourth-order valence-electron chi connectivity index (χ4n) is 1.01. The van der Waals surface area contributed by atoms with Gasteiger partial charge < -0.3 is 16.2 Å². The minimum Gasteiger partial charge on any atom is -0.480 e. The molecule has 4 N–H and O–H groups in total. The highest BCUT2D eigenvalue weighted by atomic mass is 32.1. The Balaban J connectivity index is 2.58. The molecule has 0 unspecified atom stereocenters. The van der Waals surface area contributed by atoms with Crippen LogP contribution in [-0.2, 0) is 16.0 Å². The fraction of sp³-hybridized carbons (Fsp3) is 0.444. The molecule has 0 aromatic carbocycles. The molecular weight excluding hydrogens is 230 g/mol. The van der Waals surface area contributed by atoms with Crippen molar-refractivity contribution in [2.75, 3.05) is 5.73 Å². The first-order chi connectivity index (χ1) is 7.31. The van der Waals surface area contributed by atoms with Gasteiger partial charge in [-0.05, 0) is 13.8 Å². The van der Waals surface area contributed by atoms with Gasteiger partial charge in [0.1, 0.15) is 5.54 Å². The largest absolute Gasteiger partial charge is 0.480 e. The van der Waals surface area contributed by atoms with Crippen LogP contribution in [-0.4, -0.2) is 27.5 Å². The zero-order chi connectivity index (χ0) is 12.3. The number of nitrogens with one attached hydrogen (secondary N) is 1. The molecule has 0 atom stereocenters. The maximum atomic E-state index is 11.5. The summed E-state index contributed by atoms with van der Waals surface area (Å²) in [5.74, 6) is -1.48. The van der Waals surface area contributed by atoms with E-state index in [1.165, 1.54) is 25.2 Å². The van der Waals surface area contributed by atoms with E-state index in [1.54, 1.807) is 5.38 Å². The van der Waals surface area contributed by atoms with Crippen LogP contribution in [0, 0.1) is 0 Å². The lowest BCUT2D eigenvalue weighted by Gasteiger charge is -2.20. The number of hydrogen-bond acceptors (Lipinski definition) is 5. The van der Waals surface area contributed by atoms with Crippen molar-refractivity contribution >= 4 is 28.3 Å². The number of carboxylic acids is 1. The molecule has 0 bridgehead atoms. The number of amides is 1. The van der Waals surface area contributed by atoms with Crippen molar-refractivity contribution in [1.82, 2.24) is 10.3 Å². The number of nitrogens with two attached hydrogens (primary N) is 1. The van der Waals surface area contributed by atoms with Crippen LogP contribution in [0.15, 0.2) is 5.38 Å². The summed E-state index contributed by atoms with van der Waals surface area (Å²) < 4.78 is 0. The van der Waals surface area contributed by atoms with Crippen molar-refractivity contribution in [3.8, 4) is 0 Å². The van der Waals surface area contributed by atoms with Crippen LogP contribution in [0.4, 0.5) is 5.13 Å². The van der Waals surface area contributed by atoms with Crippen LogP contribution in [0.25, 0.3) is 0 Å². The van der Waals surface area contributed by atoms with Gasteiger partial charge in [-0.3, -0.25) is 4.79 Å². The molecule has 0 saturated carbocycles. The molecule has 1 amide bonds. The number of anilines is 1. The molecule has 1 rings (SSSR count). The Labute approximate surface area is 96.5 Å². The van der Waals surface area contributed by atoms with Crippen molar-refractivity contribution in [1.29, 1.82) is 0 Å². The Kier molecular flexibility index (Phi) is 3.48. The van der Waals surface area contributed by atoms with E-state index in [9.17, 15) is 9.59 Å². The lowest BCUT2D eigenvalue weighted by Crippen LogP contribution is -2.50. The number of nitrogen functional groups attached to an aromatic ring is 1. The summed E-state index contributed by atoms with van der Waals surface area (Å²) in [6.45, 7) is 2.84. The third-order valence-electron chi connectivity index (χ3n) is 1.90. The van der Waals surface area contributed by atoms with E-state index in [0.29, 0.717) is 10.8 Å². The Hall–Kier alpha value is -1.63. The molecule has 0 aliphatic carbocycles. The third-order valence-corrected chi connectivity index (χ3v) is 2.62. The van der Waals surface area contributed by atoms with E-state index >= 15 is 0 Å². The normalized spacial score (nSPS) is 11.1. The van der Waals surface area contributed by atoms with Gasteiger partial charge in [-0.15, -0.1) is 11.3 Å². The fourth-order valence-corrected chi connectivity index (χ4v) is 1.58. The molecular formula is C9H13N3O3S. The van der Waals surface area contributed by atoms with Crippen molar-refractivity contribution in [2.24, 2.45) is 0 Å². The summed E-state index contributed by atoms with van der Waals surface area (Å²) in [5, 5.41) is 13.3. The second kappa shape index (κ2) is 4.48. The van der Waals surface area contributed by atoms with Gasteiger partial charge in [-0.2, -0.15) is 0 Å². The lowest BCUT2D eigenvalue weighted by atomic mass is 10.1. The molecule has 0 aliphatic heterocycles. The Bertz CT molecular complexity index is 414.